The van der Waals surface area contributed by atoms with E-state index < -0.39 is 10.0 Å². The van der Waals surface area contributed by atoms with E-state index in [9.17, 15) is 13.2 Å². The lowest BCUT2D eigenvalue weighted by Crippen LogP contribution is -2.22. The van der Waals surface area contributed by atoms with Gasteiger partial charge in [-0.1, -0.05) is 12.1 Å². The molecule has 0 fully saturated rings. The predicted octanol–water partition coefficient (Wildman–Crippen LogP) is 2.37. The van der Waals surface area contributed by atoms with E-state index in [-0.39, 0.29) is 16.4 Å². The van der Waals surface area contributed by atoms with Gasteiger partial charge in [0, 0.05) is 19.7 Å². The molecule has 7 heteroatoms. The molecule has 0 saturated carbocycles. The monoisotopic (exact) mass is 343 g/mol. The Morgan fingerprint density at radius 1 is 1.17 bits per heavy atom. The van der Waals surface area contributed by atoms with Crippen molar-refractivity contribution in [2.45, 2.75) is 11.8 Å². The summed E-state index contributed by atoms with van der Waals surface area (Å²) in [7, 11) is -0.608. The van der Waals surface area contributed by atoms with Gasteiger partial charge < -0.3 is 4.90 Å². The number of amides is 1. The zero-order valence-corrected chi connectivity index (χ0v) is 14.4. The number of nitrogens with one attached hydrogen (secondary N) is 1. The van der Waals surface area contributed by atoms with Gasteiger partial charge in [-0.05, 0) is 42.8 Å². The summed E-state index contributed by atoms with van der Waals surface area (Å²) in [5.41, 5.74) is 1.65. The summed E-state index contributed by atoms with van der Waals surface area (Å²) in [6.45, 7) is 1.74. The third-order valence-corrected chi connectivity index (χ3v) is 4.77. The molecule has 0 bridgehead atoms. The van der Waals surface area contributed by atoms with Crippen LogP contribution in [0.1, 0.15) is 21.5 Å². The highest BCUT2D eigenvalue weighted by atomic mass is 32.2. The van der Waals surface area contributed by atoms with Crippen LogP contribution in [-0.4, -0.2) is 33.3 Å². The van der Waals surface area contributed by atoms with Crippen LogP contribution in [0, 0.1) is 18.3 Å². The van der Waals surface area contributed by atoms with Gasteiger partial charge in [-0.3, -0.25) is 9.52 Å². The highest BCUT2D eigenvalue weighted by Gasteiger charge is 2.17. The van der Waals surface area contributed by atoms with Crippen molar-refractivity contribution in [3.8, 4) is 6.07 Å². The molecular weight excluding hydrogens is 326 g/mol. The first-order chi connectivity index (χ1) is 11.2. The largest absolute Gasteiger partial charge is 0.345 e. The molecule has 0 unspecified atom stereocenters. The van der Waals surface area contributed by atoms with Gasteiger partial charge in [0.25, 0.3) is 15.9 Å². The van der Waals surface area contributed by atoms with E-state index in [0.29, 0.717) is 16.8 Å². The maximum atomic E-state index is 12.5. The van der Waals surface area contributed by atoms with Gasteiger partial charge in [0.2, 0.25) is 0 Å². The fourth-order valence-electron chi connectivity index (χ4n) is 2.06. The van der Waals surface area contributed by atoms with E-state index in [4.69, 9.17) is 5.26 Å². The highest BCUT2D eigenvalue weighted by Crippen LogP contribution is 2.22. The number of sulfonamides is 1. The van der Waals surface area contributed by atoms with Crippen LogP contribution in [0.2, 0.25) is 0 Å². The molecule has 24 heavy (non-hydrogen) atoms. The maximum Gasteiger partial charge on any atom is 0.261 e. The molecule has 2 aromatic rings. The van der Waals surface area contributed by atoms with Gasteiger partial charge in [-0.25, -0.2) is 8.42 Å². The maximum absolute atomic E-state index is 12.5. The van der Waals surface area contributed by atoms with Crippen LogP contribution in [0.5, 0.6) is 0 Å². The van der Waals surface area contributed by atoms with Crippen molar-refractivity contribution in [1.82, 2.24) is 4.90 Å². The van der Waals surface area contributed by atoms with Crippen LogP contribution in [-0.2, 0) is 10.0 Å². The van der Waals surface area contributed by atoms with Gasteiger partial charge in [0.05, 0.1) is 22.2 Å². The van der Waals surface area contributed by atoms with E-state index in [1.54, 1.807) is 33.2 Å². The van der Waals surface area contributed by atoms with Crippen molar-refractivity contribution in [3.63, 3.8) is 0 Å². The predicted molar refractivity (Wildman–Crippen MR) is 91.2 cm³/mol. The van der Waals surface area contributed by atoms with Crippen LogP contribution in [0.3, 0.4) is 0 Å². The smallest absolute Gasteiger partial charge is 0.261 e. The minimum absolute atomic E-state index is 0.00899. The molecule has 0 atom stereocenters. The first-order valence-electron chi connectivity index (χ1n) is 7.10. The molecule has 0 aromatic heterocycles. The Hall–Kier alpha value is -2.85. The van der Waals surface area contributed by atoms with Crippen molar-refractivity contribution in [3.05, 3.63) is 59.2 Å². The second kappa shape index (κ2) is 6.72. The summed E-state index contributed by atoms with van der Waals surface area (Å²) in [6.07, 6.45) is 0. The summed E-state index contributed by atoms with van der Waals surface area (Å²) in [4.78, 5) is 13.4. The quantitative estimate of drug-likeness (QED) is 0.923. The molecule has 2 rings (SSSR count). The SMILES string of the molecule is Cc1ccc(C(=O)N(C)C)cc1NS(=O)(=O)c1cccc(C#N)c1. The first-order valence-corrected chi connectivity index (χ1v) is 8.58. The summed E-state index contributed by atoms with van der Waals surface area (Å²) < 4.78 is 27.5. The molecule has 1 N–H and O–H groups in total. The van der Waals surface area contributed by atoms with Crippen LogP contribution in [0.4, 0.5) is 5.69 Å². The molecular formula is C17H17N3O3S. The second-order valence-corrected chi connectivity index (χ2v) is 7.16. The van der Waals surface area contributed by atoms with Crippen molar-refractivity contribution < 1.29 is 13.2 Å². The highest BCUT2D eigenvalue weighted by molar-refractivity contribution is 7.92. The number of benzene rings is 2. The van der Waals surface area contributed by atoms with E-state index in [2.05, 4.69) is 4.72 Å². The molecule has 0 aliphatic rings. The lowest BCUT2D eigenvalue weighted by molar-refractivity contribution is 0.0827. The zero-order chi connectivity index (χ0) is 17.9. The summed E-state index contributed by atoms with van der Waals surface area (Å²) in [5, 5.41) is 8.90. The van der Waals surface area contributed by atoms with E-state index >= 15 is 0 Å². The molecule has 0 saturated heterocycles. The van der Waals surface area contributed by atoms with E-state index in [0.717, 1.165) is 0 Å². The number of nitrogens with zero attached hydrogens (tertiary/aromatic N) is 2. The van der Waals surface area contributed by atoms with E-state index in [1.165, 1.54) is 35.2 Å². The minimum Gasteiger partial charge on any atom is -0.345 e. The molecule has 0 heterocycles. The summed E-state index contributed by atoms with van der Waals surface area (Å²) in [6, 6.07) is 12.5. The number of carbonyl (C=O) groups excluding carboxylic acids is 1. The van der Waals surface area contributed by atoms with Crippen LogP contribution in [0.25, 0.3) is 0 Å². The van der Waals surface area contributed by atoms with Crippen molar-refractivity contribution in [1.29, 1.82) is 5.26 Å². The first kappa shape index (κ1) is 17.5. The van der Waals surface area contributed by atoms with Crippen molar-refractivity contribution in [2.24, 2.45) is 0 Å². The molecule has 2 aromatic carbocycles. The number of carbonyl (C=O) groups is 1. The topological polar surface area (TPSA) is 90.3 Å². The van der Waals surface area contributed by atoms with Crippen molar-refractivity contribution >= 4 is 21.6 Å². The van der Waals surface area contributed by atoms with E-state index in [1.807, 2.05) is 6.07 Å². The fraction of sp³-hybridized carbons (Fsp3) is 0.176. The summed E-state index contributed by atoms with van der Waals surface area (Å²) >= 11 is 0. The number of hydrogen-bond donors (Lipinski definition) is 1. The van der Waals surface area contributed by atoms with Gasteiger partial charge in [-0.15, -0.1) is 0 Å². The number of nitriles is 1. The second-order valence-electron chi connectivity index (χ2n) is 5.47. The Bertz CT molecular complexity index is 928. The molecule has 0 radical (unpaired) electrons. The lowest BCUT2D eigenvalue weighted by Gasteiger charge is -2.14. The Morgan fingerprint density at radius 2 is 1.88 bits per heavy atom. The summed E-state index contributed by atoms with van der Waals surface area (Å²) in [5.74, 6) is -0.220. The van der Waals surface area contributed by atoms with Crippen LogP contribution < -0.4 is 4.72 Å². The number of anilines is 1. The van der Waals surface area contributed by atoms with Crippen molar-refractivity contribution in [2.75, 3.05) is 18.8 Å². The Kier molecular flexibility index (Phi) is 4.90. The molecule has 0 aliphatic heterocycles. The Morgan fingerprint density at radius 3 is 2.50 bits per heavy atom. The standard InChI is InChI=1S/C17H17N3O3S/c1-12-7-8-14(17(21)20(2)3)10-16(12)19-24(22,23)15-6-4-5-13(9-15)11-18/h4-10,19H,1-3H3. The normalized spacial score (nSPS) is 10.8. The molecule has 0 spiro atoms. The van der Waals surface area contributed by atoms with Gasteiger partial charge in [0.15, 0.2) is 0 Å². The Balaban J connectivity index is 2.41. The van der Waals surface area contributed by atoms with Gasteiger partial charge in [-0.2, -0.15) is 5.26 Å². The average Bonchev–Trinajstić information content (AvgIpc) is 2.56. The average molecular weight is 343 g/mol. The molecule has 1 amide bonds. The molecule has 124 valence electrons. The number of aryl methyl sites for hydroxylation is 1. The van der Waals surface area contributed by atoms with Gasteiger partial charge >= 0.3 is 0 Å². The van der Waals surface area contributed by atoms with Gasteiger partial charge in [0.1, 0.15) is 0 Å². The third kappa shape index (κ3) is 3.73. The van der Waals surface area contributed by atoms with Crippen LogP contribution >= 0.6 is 0 Å². The van der Waals surface area contributed by atoms with Crippen LogP contribution in [0.15, 0.2) is 47.4 Å². The molecule has 0 aliphatic carbocycles. The zero-order valence-electron chi connectivity index (χ0n) is 13.6. The number of rotatable bonds is 4. The fourth-order valence-corrected chi connectivity index (χ4v) is 3.23. The Labute approximate surface area is 141 Å². The number of hydrogen-bond acceptors (Lipinski definition) is 4. The lowest BCUT2D eigenvalue weighted by atomic mass is 10.1. The molecule has 6 nitrogen and oxygen atoms in total. The third-order valence-electron chi connectivity index (χ3n) is 3.41. The minimum atomic E-state index is -3.86.